The van der Waals surface area contributed by atoms with Crippen molar-refractivity contribution in [3.8, 4) is 0 Å². The van der Waals surface area contributed by atoms with E-state index in [2.05, 4.69) is 31.0 Å². The SMILES string of the molecule is CCCNC1CCOCC1CN1CCOC(C)(C)C1. The molecular weight excluding hydrogens is 240 g/mol. The van der Waals surface area contributed by atoms with E-state index in [0.29, 0.717) is 12.0 Å². The van der Waals surface area contributed by atoms with Crippen LogP contribution in [0.4, 0.5) is 0 Å². The second-order valence-electron chi connectivity index (χ2n) is 6.53. The van der Waals surface area contributed by atoms with E-state index in [1.807, 2.05) is 0 Å². The monoisotopic (exact) mass is 270 g/mol. The van der Waals surface area contributed by atoms with Gasteiger partial charge in [-0.1, -0.05) is 6.92 Å². The summed E-state index contributed by atoms with van der Waals surface area (Å²) in [6.07, 6.45) is 2.35. The highest BCUT2D eigenvalue weighted by atomic mass is 16.5. The molecule has 0 spiro atoms. The molecule has 0 aliphatic carbocycles. The van der Waals surface area contributed by atoms with Crippen LogP contribution in [0.3, 0.4) is 0 Å². The molecule has 2 fully saturated rings. The van der Waals surface area contributed by atoms with Crippen molar-refractivity contribution in [2.75, 3.05) is 46.0 Å². The molecule has 2 saturated heterocycles. The lowest BCUT2D eigenvalue weighted by atomic mass is 9.94. The normalized spacial score (nSPS) is 32.4. The highest BCUT2D eigenvalue weighted by molar-refractivity contribution is 4.86. The number of morpholine rings is 1. The lowest BCUT2D eigenvalue weighted by molar-refractivity contribution is -0.0953. The van der Waals surface area contributed by atoms with E-state index >= 15 is 0 Å². The minimum Gasteiger partial charge on any atom is -0.381 e. The Morgan fingerprint density at radius 1 is 1.32 bits per heavy atom. The lowest BCUT2D eigenvalue weighted by Gasteiger charge is -2.42. The summed E-state index contributed by atoms with van der Waals surface area (Å²) >= 11 is 0. The summed E-state index contributed by atoms with van der Waals surface area (Å²) in [5.41, 5.74) is 0.000117. The van der Waals surface area contributed by atoms with Crippen molar-refractivity contribution in [3.63, 3.8) is 0 Å². The topological polar surface area (TPSA) is 33.7 Å². The molecule has 2 aliphatic heterocycles. The molecule has 4 nitrogen and oxygen atoms in total. The molecule has 0 saturated carbocycles. The summed E-state index contributed by atoms with van der Waals surface area (Å²) in [4.78, 5) is 2.55. The van der Waals surface area contributed by atoms with Crippen LogP contribution in [0, 0.1) is 5.92 Å². The largest absolute Gasteiger partial charge is 0.381 e. The molecule has 2 aliphatic rings. The molecule has 0 aromatic carbocycles. The van der Waals surface area contributed by atoms with E-state index in [1.54, 1.807) is 0 Å². The second kappa shape index (κ2) is 7.02. The number of hydrogen-bond donors (Lipinski definition) is 1. The first-order valence-electron chi connectivity index (χ1n) is 7.78. The molecule has 0 aromatic heterocycles. The molecule has 112 valence electrons. The van der Waals surface area contributed by atoms with Gasteiger partial charge in [0.1, 0.15) is 0 Å². The van der Waals surface area contributed by atoms with Gasteiger partial charge in [-0.25, -0.2) is 0 Å². The molecule has 0 bridgehead atoms. The second-order valence-corrected chi connectivity index (χ2v) is 6.53. The van der Waals surface area contributed by atoms with Crippen LogP contribution in [0.15, 0.2) is 0 Å². The standard InChI is InChI=1S/C15H30N2O2/c1-4-6-16-14-5-8-18-11-13(14)10-17-7-9-19-15(2,3)12-17/h13-14,16H,4-12H2,1-3H3. The maximum Gasteiger partial charge on any atom is 0.0753 e. The van der Waals surface area contributed by atoms with Crippen LogP contribution in [0.25, 0.3) is 0 Å². The van der Waals surface area contributed by atoms with Gasteiger partial charge in [-0.3, -0.25) is 4.90 Å². The van der Waals surface area contributed by atoms with Crippen molar-refractivity contribution in [1.29, 1.82) is 0 Å². The Morgan fingerprint density at radius 3 is 2.89 bits per heavy atom. The molecule has 1 N–H and O–H groups in total. The zero-order valence-corrected chi connectivity index (χ0v) is 12.8. The minimum atomic E-state index is 0.000117. The minimum absolute atomic E-state index is 0.000117. The summed E-state index contributed by atoms with van der Waals surface area (Å²) < 4.78 is 11.5. The highest BCUT2D eigenvalue weighted by Gasteiger charge is 2.32. The van der Waals surface area contributed by atoms with Gasteiger partial charge in [0.05, 0.1) is 18.8 Å². The lowest BCUT2D eigenvalue weighted by Crippen LogP contribution is -2.53. The van der Waals surface area contributed by atoms with Gasteiger partial charge in [0.2, 0.25) is 0 Å². The van der Waals surface area contributed by atoms with E-state index < -0.39 is 0 Å². The van der Waals surface area contributed by atoms with Gasteiger partial charge in [-0.15, -0.1) is 0 Å². The molecule has 2 heterocycles. The van der Waals surface area contributed by atoms with Crippen LogP contribution in [0.1, 0.15) is 33.6 Å². The number of nitrogens with one attached hydrogen (secondary N) is 1. The molecule has 0 amide bonds. The molecular formula is C15H30N2O2. The van der Waals surface area contributed by atoms with Crippen molar-refractivity contribution in [1.82, 2.24) is 10.2 Å². The predicted molar refractivity (Wildman–Crippen MR) is 77.5 cm³/mol. The molecule has 19 heavy (non-hydrogen) atoms. The summed E-state index contributed by atoms with van der Waals surface area (Å²) in [5, 5.41) is 3.69. The van der Waals surface area contributed by atoms with Crippen LogP contribution >= 0.6 is 0 Å². The third kappa shape index (κ3) is 4.71. The first-order valence-corrected chi connectivity index (χ1v) is 7.78. The van der Waals surface area contributed by atoms with Crippen molar-refractivity contribution in [2.24, 2.45) is 5.92 Å². The Hall–Kier alpha value is -0.160. The molecule has 2 atom stereocenters. The average Bonchev–Trinajstić information content (AvgIpc) is 2.36. The van der Waals surface area contributed by atoms with Crippen LogP contribution in [-0.4, -0.2) is 62.5 Å². The average molecular weight is 270 g/mol. The molecule has 4 heteroatoms. The van der Waals surface area contributed by atoms with Gasteiger partial charge in [-0.05, 0) is 33.2 Å². The smallest absolute Gasteiger partial charge is 0.0753 e. The maximum atomic E-state index is 5.79. The summed E-state index contributed by atoms with van der Waals surface area (Å²) in [6, 6.07) is 0.625. The fourth-order valence-corrected chi connectivity index (χ4v) is 3.18. The van der Waals surface area contributed by atoms with Gasteiger partial charge < -0.3 is 14.8 Å². The van der Waals surface area contributed by atoms with Gasteiger partial charge in [0.15, 0.2) is 0 Å². The van der Waals surface area contributed by atoms with Crippen molar-refractivity contribution >= 4 is 0 Å². The van der Waals surface area contributed by atoms with Crippen LogP contribution in [0.2, 0.25) is 0 Å². The van der Waals surface area contributed by atoms with Crippen molar-refractivity contribution in [3.05, 3.63) is 0 Å². The fourth-order valence-electron chi connectivity index (χ4n) is 3.18. The number of hydrogen-bond acceptors (Lipinski definition) is 4. The van der Waals surface area contributed by atoms with Crippen molar-refractivity contribution < 1.29 is 9.47 Å². The van der Waals surface area contributed by atoms with Gasteiger partial charge in [0, 0.05) is 38.2 Å². The zero-order valence-electron chi connectivity index (χ0n) is 12.8. The Labute approximate surface area is 117 Å². The Balaban J connectivity index is 1.84. The van der Waals surface area contributed by atoms with E-state index in [1.165, 1.54) is 6.42 Å². The number of rotatable bonds is 5. The predicted octanol–water partition coefficient (Wildman–Crippen LogP) is 1.50. The molecule has 0 aromatic rings. The maximum absolute atomic E-state index is 5.79. The van der Waals surface area contributed by atoms with Crippen molar-refractivity contribution in [2.45, 2.75) is 45.3 Å². The molecule has 0 radical (unpaired) electrons. The zero-order chi connectivity index (χ0) is 13.7. The summed E-state index contributed by atoms with van der Waals surface area (Å²) in [6.45, 7) is 13.6. The summed E-state index contributed by atoms with van der Waals surface area (Å²) in [5.74, 6) is 0.620. The Bertz CT molecular complexity index is 271. The third-order valence-electron chi connectivity index (χ3n) is 4.13. The first kappa shape index (κ1) is 15.2. The number of nitrogens with zero attached hydrogens (tertiary/aromatic N) is 1. The fraction of sp³-hybridized carbons (Fsp3) is 1.00. The summed E-state index contributed by atoms with van der Waals surface area (Å²) in [7, 11) is 0. The van der Waals surface area contributed by atoms with E-state index in [0.717, 1.165) is 52.4 Å². The molecule has 2 rings (SSSR count). The number of ether oxygens (including phenoxy) is 2. The Kier molecular flexibility index (Phi) is 5.63. The Morgan fingerprint density at radius 2 is 2.16 bits per heavy atom. The van der Waals surface area contributed by atoms with E-state index in [9.17, 15) is 0 Å². The van der Waals surface area contributed by atoms with Gasteiger partial charge in [-0.2, -0.15) is 0 Å². The molecule has 2 unspecified atom stereocenters. The quantitative estimate of drug-likeness (QED) is 0.821. The van der Waals surface area contributed by atoms with Crippen LogP contribution < -0.4 is 5.32 Å². The first-order chi connectivity index (χ1) is 9.11. The van der Waals surface area contributed by atoms with Crippen LogP contribution in [0.5, 0.6) is 0 Å². The van der Waals surface area contributed by atoms with E-state index in [-0.39, 0.29) is 5.60 Å². The van der Waals surface area contributed by atoms with Crippen LogP contribution in [-0.2, 0) is 9.47 Å². The van der Waals surface area contributed by atoms with E-state index in [4.69, 9.17) is 9.47 Å². The third-order valence-corrected chi connectivity index (χ3v) is 4.13. The highest BCUT2D eigenvalue weighted by Crippen LogP contribution is 2.21. The van der Waals surface area contributed by atoms with Gasteiger partial charge in [0.25, 0.3) is 0 Å². The van der Waals surface area contributed by atoms with Gasteiger partial charge >= 0.3 is 0 Å².